The van der Waals surface area contributed by atoms with Gasteiger partial charge < -0.3 is 9.80 Å². The van der Waals surface area contributed by atoms with Crippen molar-refractivity contribution in [2.45, 2.75) is 33.2 Å². The minimum absolute atomic E-state index is 0.0604. The maximum absolute atomic E-state index is 13.2. The molecular formula is C23H27ClN3O2+. The fourth-order valence-corrected chi connectivity index (χ4v) is 4.82. The van der Waals surface area contributed by atoms with Gasteiger partial charge in [-0.25, -0.2) is 4.90 Å². The number of nitrogens with one attached hydrogen (secondary N) is 1. The molecule has 2 aliphatic heterocycles. The Morgan fingerprint density at radius 3 is 2.28 bits per heavy atom. The van der Waals surface area contributed by atoms with E-state index in [0.29, 0.717) is 0 Å². The lowest BCUT2D eigenvalue weighted by molar-refractivity contribution is -0.915. The third-order valence-electron chi connectivity index (χ3n) is 6.22. The number of carbonyl (C=O) groups is 2. The Bertz CT molecular complexity index is 946. The largest absolute Gasteiger partial charge is 0.360 e. The van der Waals surface area contributed by atoms with Crippen LogP contribution in [0.15, 0.2) is 36.4 Å². The van der Waals surface area contributed by atoms with E-state index in [9.17, 15) is 9.59 Å². The molecule has 2 saturated heterocycles. The molecule has 2 aromatic carbocycles. The number of anilines is 2. The van der Waals surface area contributed by atoms with Gasteiger partial charge in [0.15, 0.2) is 6.04 Å². The molecule has 2 aromatic rings. The zero-order valence-corrected chi connectivity index (χ0v) is 17.9. The predicted molar refractivity (Wildman–Crippen MR) is 116 cm³/mol. The van der Waals surface area contributed by atoms with E-state index in [1.165, 1.54) is 15.4 Å². The molecule has 152 valence electrons. The number of benzene rings is 2. The average Bonchev–Trinajstić information content (AvgIpc) is 2.98. The van der Waals surface area contributed by atoms with Crippen LogP contribution in [0, 0.1) is 20.8 Å². The van der Waals surface area contributed by atoms with Gasteiger partial charge in [0.05, 0.1) is 38.3 Å². The summed E-state index contributed by atoms with van der Waals surface area (Å²) in [4.78, 5) is 31.0. The van der Waals surface area contributed by atoms with Gasteiger partial charge in [0, 0.05) is 10.7 Å². The Kier molecular flexibility index (Phi) is 5.36. The van der Waals surface area contributed by atoms with Crippen LogP contribution >= 0.6 is 11.6 Å². The summed E-state index contributed by atoms with van der Waals surface area (Å²) in [6.07, 6.45) is 0.290. The van der Waals surface area contributed by atoms with Gasteiger partial charge in [-0.1, -0.05) is 35.9 Å². The van der Waals surface area contributed by atoms with Gasteiger partial charge in [-0.05, 0) is 49.6 Å². The molecule has 0 bridgehead atoms. The number of nitrogens with zero attached hydrogens (tertiary/aromatic N) is 2. The zero-order valence-electron chi connectivity index (χ0n) is 17.2. The lowest BCUT2D eigenvalue weighted by Gasteiger charge is -2.36. The van der Waals surface area contributed by atoms with Crippen molar-refractivity contribution in [2.24, 2.45) is 0 Å². The standard InChI is InChI=1S/C23H26ClN3O2/c1-15-7-8-18(24)13-19(15)25-9-11-26(12-10-25)20-14-21(28)27(23(20)29)22-16(2)5-4-6-17(22)3/h4-8,13,20H,9-12,14H2,1-3H3/p+1/t20-/m1/s1. The van der Waals surface area contributed by atoms with E-state index in [-0.39, 0.29) is 24.3 Å². The van der Waals surface area contributed by atoms with Crippen molar-refractivity contribution in [3.05, 3.63) is 58.1 Å². The van der Waals surface area contributed by atoms with E-state index in [4.69, 9.17) is 11.6 Å². The number of rotatable bonds is 3. The number of imide groups is 1. The highest BCUT2D eigenvalue weighted by Gasteiger charge is 2.47. The Balaban J connectivity index is 1.49. The van der Waals surface area contributed by atoms with Crippen LogP contribution in [-0.4, -0.2) is 44.0 Å². The molecule has 0 unspecified atom stereocenters. The summed E-state index contributed by atoms with van der Waals surface area (Å²) in [5.41, 5.74) is 5.04. The molecule has 4 rings (SSSR count). The highest BCUT2D eigenvalue weighted by atomic mass is 35.5. The van der Waals surface area contributed by atoms with E-state index in [1.54, 1.807) is 0 Å². The number of para-hydroxylation sites is 1. The Morgan fingerprint density at radius 2 is 1.62 bits per heavy atom. The number of hydrogen-bond acceptors (Lipinski definition) is 3. The molecular weight excluding hydrogens is 386 g/mol. The minimum Gasteiger partial charge on any atom is -0.360 e. The molecule has 6 heteroatoms. The van der Waals surface area contributed by atoms with Crippen molar-refractivity contribution >= 4 is 34.8 Å². The van der Waals surface area contributed by atoms with Crippen LogP contribution in [0.5, 0.6) is 0 Å². The number of quaternary nitrogens is 1. The average molecular weight is 413 g/mol. The lowest BCUT2D eigenvalue weighted by Crippen LogP contribution is -3.19. The first kappa shape index (κ1) is 19.9. The molecule has 1 atom stereocenters. The molecule has 2 aliphatic rings. The first-order valence-electron chi connectivity index (χ1n) is 10.2. The van der Waals surface area contributed by atoms with E-state index in [1.807, 2.05) is 50.2 Å². The van der Waals surface area contributed by atoms with Crippen LogP contribution in [0.25, 0.3) is 0 Å². The number of piperazine rings is 1. The maximum Gasteiger partial charge on any atom is 0.292 e. The highest BCUT2D eigenvalue weighted by Crippen LogP contribution is 2.29. The smallest absolute Gasteiger partial charge is 0.292 e. The fraction of sp³-hybridized carbons (Fsp3) is 0.391. The van der Waals surface area contributed by atoms with Crippen LogP contribution in [0.3, 0.4) is 0 Å². The summed E-state index contributed by atoms with van der Waals surface area (Å²) in [6.45, 7) is 9.35. The monoisotopic (exact) mass is 412 g/mol. The molecule has 1 N–H and O–H groups in total. The summed E-state index contributed by atoms with van der Waals surface area (Å²) >= 11 is 6.18. The van der Waals surface area contributed by atoms with E-state index in [2.05, 4.69) is 11.8 Å². The predicted octanol–water partition coefficient (Wildman–Crippen LogP) is 2.30. The second kappa shape index (κ2) is 7.81. The first-order chi connectivity index (χ1) is 13.9. The van der Waals surface area contributed by atoms with Gasteiger partial charge in [-0.3, -0.25) is 9.59 Å². The lowest BCUT2D eigenvalue weighted by atomic mass is 10.1. The molecule has 2 amide bonds. The van der Waals surface area contributed by atoms with Crippen molar-refractivity contribution in [3.8, 4) is 0 Å². The second-order valence-corrected chi connectivity index (χ2v) is 8.58. The third-order valence-corrected chi connectivity index (χ3v) is 6.46. The molecule has 2 heterocycles. The maximum atomic E-state index is 13.2. The van der Waals surface area contributed by atoms with Gasteiger partial charge in [0.1, 0.15) is 0 Å². The van der Waals surface area contributed by atoms with Crippen molar-refractivity contribution < 1.29 is 14.5 Å². The number of aryl methyl sites for hydroxylation is 3. The van der Waals surface area contributed by atoms with Crippen LogP contribution in [0.2, 0.25) is 5.02 Å². The van der Waals surface area contributed by atoms with Crippen molar-refractivity contribution in [1.29, 1.82) is 0 Å². The summed E-state index contributed by atoms with van der Waals surface area (Å²) in [7, 11) is 0. The van der Waals surface area contributed by atoms with Gasteiger partial charge in [0.2, 0.25) is 5.91 Å². The first-order valence-corrected chi connectivity index (χ1v) is 10.5. The van der Waals surface area contributed by atoms with E-state index >= 15 is 0 Å². The summed E-state index contributed by atoms with van der Waals surface area (Å²) in [5, 5.41) is 0.737. The molecule has 29 heavy (non-hydrogen) atoms. The van der Waals surface area contributed by atoms with Crippen molar-refractivity contribution in [3.63, 3.8) is 0 Å². The van der Waals surface area contributed by atoms with E-state index < -0.39 is 0 Å². The van der Waals surface area contributed by atoms with Crippen LogP contribution in [0.4, 0.5) is 11.4 Å². The molecule has 0 aromatic heterocycles. The van der Waals surface area contributed by atoms with Gasteiger partial charge in [-0.2, -0.15) is 0 Å². The zero-order chi connectivity index (χ0) is 20.7. The SMILES string of the molecule is Cc1ccc(Cl)cc1N1CC[NH+]([C@@H]2CC(=O)N(c3c(C)cccc3C)C2=O)CC1. The van der Waals surface area contributed by atoms with Crippen molar-refractivity contribution in [1.82, 2.24) is 0 Å². The van der Waals surface area contributed by atoms with Crippen LogP contribution < -0.4 is 14.7 Å². The Labute approximate surface area is 176 Å². The second-order valence-electron chi connectivity index (χ2n) is 8.14. The Morgan fingerprint density at radius 1 is 0.966 bits per heavy atom. The number of halogens is 1. The quantitative estimate of drug-likeness (QED) is 0.787. The fourth-order valence-electron chi connectivity index (χ4n) is 4.65. The Hall–Kier alpha value is -2.37. The minimum atomic E-state index is -0.288. The van der Waals surface area contributed by atoms with Crippen LogP contribution in [0.1, 0.15) is 23.1 Å². The molecule has 5 nitrogen and oxygen atoms in total. The molecule has 0 aliphatic carbocycles. The number of hydrogen-bond donors (Lipinski definition) is 1. The molecule has 0 saturated carbocycles. The summed E-state index contributed by atoms with van der Waals surface area (Å²) in [5.74, 6) is -0.146. The van der Waals surface area contributed by atoms with Gasteiger partial charge >= 0.3 is 0 Å². The normalized spacial score (nSPS) is 20.6. The summed E-state index contributed by atoms with van der Waals surface area (Å²) in [6, 6.07) is 11.5. The van der Waals surface area contributed by atoms with Crippen molar-refractivity contribution in [2.75, 3.05) is 36.0 Å². The molecule has 0 radical (unpaired) electrons. The molecule has 0 spiro atoms. The van der Waals surface area contributed by atoms with E-state index in [0.717, 1.165) is 53.7 Å². The third kappa shape index (κ3) is 3.65. The summed E-state index contributed by atoms with van der Waals surface area (Å²) < 4.78 is 0. The van der Waals surface area contributed by atoms with Gasteiger partial charge in [0.25, 0.3) is 5.91 Å². The highest BCUT2D eigenvalue weighted by molar-refractivity contribution is 6.30. The topological polar surface area (TPSA) is 45.1 Å². The van der Waals surface area contributed by atoms with Crippen LogP contribution in [-0.2, 0) is 9.59 Å². The number of carbonyl (C=O) groups excluding carboxylic acids is 2. The van der Waals surface area contributed by atoms with Gasteiger partial charge in [-0.15, -0.1) is 0 Å². The number of amides is 2. The molecule has 2 fully saturated rings.